The number of likely N-dealkylation sites (N-methyl/N-ethyl adjacent to an activating group) is 1. The summed E-state index contributed by atoms with van der Waals surface area (Å²) in [6, 6.07) is 0. The predicted molar refractivity (Wildman–Crippen MR) is 77.8 cm³/mol. The third-order valence-corrected chi connectivity index (χ3v) is 4.70. The fourth-order valence-electron chi connectivity index (χ4n) is 2.89. The van der Waals surface area contributed by atoms with Gasteiger partial charge in [-0.3, -0.25) is 4.90 Å². The average Bonchev–Trinajstić information content (AvgIpc) is 2.35. The monoisotopic (exact) mass is 256 g/mol. The standard InChI is InChI=1S/C15H32N2O/c1-6-14(4)11-15(12-16,8-10-18-14)17(5)9-7-13(2)3/h13H,6-12,16H2,1-5H3. The first-order chi connectivity index (χ1) is 8.37. The lowest BCUT2D eigenvalue weighted by molar-refractivity contribution is -0.125. The summed E-state index contributed by atoms with van der Waals surface area (Å²) in [7, 11) is 2.23. The summed E-state index contributed by atoms with van der Waals surface area (Å²) in [5.74, 6) is 0.750. The van der Waals surface area contributed by atoms with Gasteiger partial charge in [0.1, 0.15) is 0 Å². The summed E-state index contributed by atoms with van der Waals surface area (Å²) in [5.41, 5.74) is 6.26. The fraction of sp³-hybridized carbons (Fsp3) is 1.00. The summed E-state index contributed by atoms with van der Waals surface area (Å²) in [6.07, 6.45) is 4.42. The first kappa shape index (κ1) is 15.9. The van der Waals surface area contributed by atoms with Gasteiger partial charge in [-0.1, -0.05) is 20.8 Å². The van der Waals surface area contributed by atoms with Gasteiger partial charge in [-0.05, 0) is 52.1 Å². The summed E-state index contributed by atoms with van der Waals surface area (Å²) in [6.45, 7) is 11.7. The van der Waals surface area contributed by atoms with E-state index in [9.17, 15) is 0 Å². The highest BCUT2D eigenvalue weighted by molar-refractivity contribution is 4.99. The molecule has 0 spiro atoms. The van der Waals surface area contributed by atoms with Crippen molar-refractivity contribution in [2.75, 3.05) is 26.7 Å². The lowest BCUT2D eigenvalue weighted by Gasteiger charge is -2.50. The second kappa shape index (κ2) is 6.36. The molecule has 1 aliphatic rings. The Morgan fingerprint density at radius 2 is 2.06 bits per heavy atom. The molecule has 3 heteroatoms. The summed E-state index contributed by atoms with van der Waals surface area (Å²) < 4.78 is 5.97. The summed E-state index contributed by atoms with van der Waals surface area (Å²) >= 11 is 0. The van der Waals surface area contributed by atoms with Crippen LogP contribution >= 0.6 is 0 Å². The summed E-state index contributed by atoms with van der Waals surface area (Å²) in [4.78, 5) is 2.49. The molecule has 2 unspecified atom stereocenters. The van der Waals surface area contributed by atoms with E-state index in [2.05, 4.69) is 39.6 Å². The number of hydrogen-bond donors (Lipinski definition) is 1. The van der Waals surface area contributed by atoms with Crippen molar-refractivity contribution < 1.29 is 4.74 Å². The Bertz CT molecular complexity index is 257. The van der Waals surface area contributed by atoms with Crippen molar-refractivity contribution in [3.8, 4) is 0 Å². The number of rotatable bonds is 6. The van der Waals surface area contributed by atoms with E-state index in [4.69, 9.17) is 10.5 Å². The van der Waals surface area contributed by atoms with Crippen LogP contribution in [0.15, 0.2) is 0 Å². The van der Waals surface area contributed by atoms with Gasteiger partial charge in [-0.2, -0.15) is 0 Å². The molecule has 1 fully saturated rings. The molecule has 1 rings (SSSR count). The molecule has 1 aliphatic heterocycles. The van der Waals surface area contributed by atoms with Gasteiger partial charge >= 0.3 is 0 Å². The van der Waals surface area contributed by atoms with Crippen LogP contribution in [0, 0.1) is 5.92 Å². The molecule has 0 radical (unpaired) electrons. The Balaban J connectivity index is 2.71. The van der Waals surface area contributed by atoms with Crippen molar-refractivity contribution in [1.29, 1.82) is 0 Å². The molecule has 108 valence electrons. The molecule has 2 N–H and O–H groups in total. The van der Waals surface area contributed by atoms with Crippen LogP contribution in [-0.4, -0.2) is 42.8 Å². The summed E-state index contributed by atoms with van der Waals surface area (Å²) in [5, 5.41) is 0. The van der Waals surface area contributed by atoms with Crippen LogP contribution < -0.4 is 5.73 Å². The Hall–Kier alpha value is -0.120. The molecule has 0 bridgehead atoms. The van der Waals surface area contributed by atoms with E-state index in [-0.39, 0.29) is 11.1 Å². The molecule has 0 aromatic carbocycles. The van der Waals surface area contributed by atoms with Gasteiger partial charge in [0.25, 0.3) is 0 Å². The zero-order chi connectivity index (χ0) is 13.8. The third kappa shape index (κ3) is 3.69. The zero-order valence-corrected chi connectivity index (χ0v) is 13.0. The van der Waals surface area contributed by atoms with Crippen molar-refractivity contribution in [2.24, 2.45) is 11.7 Å². The van der Waals surface area contributed by atoms with Gasteiger partial charge in [-0.15, -0.1) is 0 Å². The van der Waals surface area contributed by atoms with Crippen LogP contribution in [0.3, 0.4) is 0 Å². The van der Waals surface area contributed by atoms with Crippen LogP contribution in [0.2, 0.25) is 0 Å². The van der Waals surface area contributed by atoms with E-state index in [1.165, 1.54) is 6.42 Å². The molecule has 0 aromatic heterocycles. The Morgan fingerprint density at radius 1 is 1.39 bits per heavy atom. The lowest BCUT2D eigenvalue weighted by atomic mass is 9.78. The smallest absolute Gasteiger partial charge is 0.0670 e. The molecule has 0 aromatic rings. The van der Waals surface area contributed by atoms with Crippen molar-refractivity contribution in [3.63, 3.8) is 0 Å². The number of ether oxygens (including phenoxy) is 1. The SMILES string of the molecule is CCC1(C)CC(CN)(N(C)CCC(C)C)CCO1. The van der Waals surface area contributed by atoms with Crippen LogP contribution in [0.25, 0.3) is 0 Å². The highest BCUT2D eigenvalue weighted by atomic mass is 16.5. The van der Waals surface area contributed by atoms with E-state index < -0.39 is 0 Å². The number of hydrogen-bond acceptors (Lipinski definition) is 3. The van der Waals surface area contributed by atoms with Crippen LogP contribution in [0.5, 0.6) is 0 Å². The van der Waals surface area contributed by atoms with Crippen molar-refractivity contribution in [3.05, 3.63) is 0 Å². The molecule has 1 heterocycles. The van der Waals surface area contributed by atoms with Gasteiger partial charge in [0.15, 0.2) is 0 Å². The van der Waals surface area contributed by atoms with E-state index >= 15 is 0 Å². The first-order valence-corrected chi connectivity index (χ1v) is 7.43. The zero-order valence-electron chi connectivity index (χ0n) is 13.0. The predicted octanol–water partition coefficient (Wildman–Crippen LogP) is 2.64. The van der Waals surface area contributed by atoms with Gasteiger partial charge in [-0.25, -0.2) is 0 Å². The quantitative estimate of drug-likeness (QED) is 0.794. The highest BCUT2D eigenvalue weighted by Gasteiger charge is 2.43. The highest BCUT2D eigenvalue weighted by Crippen LogP contribution is 2.37. The van der Waals surface area contributed by atoms with Crippen molar-refractivity contribution >= 4 is 0 Å². The van der Waals surface area contributed by atoms with E-state index in [0.717, 1.165) is 44.9 Å². The fourth-order valence-corrected chi connectivity index (χ4v) is 2.89. The molecule has 0 saturated carbocycles. The molecular weight excluding hydrogens is 224 g/mol. The van der Waals surface area contributed by atoms with Crippen LogP contribution in [0.1, 0.15) is 53.4 Å². The van der Waals surface area contributed by atoms with Crippen molar-refractivity contribution in [1.82, 2.24) is 4.90 Å². The lowest BCUT2D eigenvalue weighted by Crippen LogP contribution is -2.60. The minimum Gasteiger partial charge on any atom is -0.375 e. The van der Waals surface area contributed by atoms with Gasteiger partial charge in [0.2, 0.25) is 0 Å². The first-order valence-electron chi connectivity index (χ1n) is 7.43. The molecule has 18 heavy (non-hydrogen) atoms. The minimum absolute atomic E-state index is 0.00368. The van der Waals surface area contributed by atoms with Gasteiger partial charge in [0.05, 0.1) is 5.60 Å². The molecule has 0 aliphatic carbocycles. The van der Waals surface area contributed by atoms with Crippen molar-refractivity contribution in [2.45, 2.75) is 64.5 Å². The molecule has 0 amide bonds. The second-order valence-corrected chi connectivity index (χ2v) is 6.61. The maximum absolute atomic E-state index is 6.12. The van der Waals surface area contributed by atoms with E-state index in [0.29, 0.717) is 0 Å². The topological polar surface area (TPSA) is 38.5 Å². The molecular formula is C15H32N2O. The maximum Gasteiger partial charge on any atom is 0.0670 e. The second-order valence-electron chi connectivity index (χ2n) is 6.61. The largest absolute Gasteiger partial charge is 0.375 e. The molecule has 3 nitrogen and oxygen atoms in total. The van der Waals surface area contributed by atoms with E-state index in [1.54, 1.807) is 0 Å². The van der Waals surface area contributed by atoms with E-state index in [1.807, 2.05) is 0 Å². The number of nitrogens with zero attached hydrogens (tertiary/aromatic N) is 1. The third-order valence-electron chi connectivity index (χ3n) is 4.70. The maximum atomic E-state index is 6.12. The number of nitrogens with two attached hydrogens (primary N) is 1. The van der Waals surface area contributed by atoms with Gasteiger partial charge in [0, 0.05) is 18.7 Å². The Labute approximate surface area is 113 Å². The average molecular weight is 256 g/mol. The van der Waals surface area contributed by atoms with Crippen LogP contribution in [0.4, 0.5) is 0 Å². The van der Waals surface area contributed by atoms with Gasteiger partial charge < -0.3 is 10.5 Å². The molecule has 1 saturated heterocycles. The van der Waals surface area contributed by atoms with Crippen LogP contribution in [-0.2, 0) is 4.74 Å². The Morgan fingerprint density at radius 3 is 2.56 bits per heavy atom. The minimum atomic E-state index is 0.00368. The Kier molecular flexibility index (Phi) is 5.63. The molecule has 2 atom stereocenters. The normalized spacial score (nSPS) is 33.3.